The Balaban J connectivity index is 2.99. The van der Waals surface area contributed by atoms with Gasteiger partial charge in [0, 0.05) is 31.5 Å². The summed E-state index contributed by atoms with van der Waals surface area (Å²) in [4.78, 5) is 18.6. The van der Waals surface area contributed by atoms with Crippen molar-refractivity contribution in [3.8, 4) is 0 Å². The van der Waals surface area contributed by atoms with Gasteiger partial charge in [0.25, 0.3) is 5.56 Å². The number of nitrogens with one attached hydrogen (secondary N) is 1. The topological polar surface area (TPSA) is 50.2 Å². The Kier molecular flexibility index (Phi) is 5.11. The summed E-state index contributed by atoms with van der Waals surface area (Å²) in [5.74, 6) is 0.972. The zero-order valence-electron chi connectivity index (χ0n) is 12.9. The van der Waals surface area contributed by atoms with E-state index in [0.717, 1.165) is 13.1 Å². The molecule has 1 heterocycles. The SMILES string of the molecule is CNCC(C)CN(C)c1nccn(C(C)(C)C)c1=O. The first-order valence-corrected chi connectivity index (χ1v) is 6.71. The van der Waals surface area contributed by atoms with Gasteiger partial charge >= 0.3 is 0 Å². The van der Waals surface area contributed by atoms with E-state index in [1.165, 1.54) is 0 Å². The van der Waals surface area contributed by atoms with Crippen LogP contribution in [0.15, 0.2) is 17.2 Å². The molecule has 0 saturated carbocycles. The highest BCUT2D eigenvalue weighted by Gasteiger charge is 2.19. The quantitative estimate of drug-likeness (QED) is 0.872. The molecule has 0 amide bonds. The minimum absolute atomic E-state index is 0.0332. The van der Waals surface area contributed by atoms with Crippen LogP contribution in [0.3, 0.4) is 0 Å². The van der Waals surface area contributed by atoms with Crippen molar-refractivity contribution in [2.75, 3.05) is 32.1 Å². The van der Waals surface area contributed by atoms with Crippen LogP contribution in [0, 0.1) is 5.92 Å². The summed E-state index contributed by atoms with van der Waals surface area (Å²) >= 11 is 0. The van der Waals surface area contributed by atoms with Gasteiger partial charge in [0.05, 0.1) is 0 Å². The zero-order valence-corrected chi connectivity index (χ0v) is 12.9. The molecule has 5 heteroatoms. The fourth-order valence-electron chi connectivity index (χ4n) is 2.16. The molecule has 1 atom stereocenters. The van der Waals surface area contributed by atoms with E-state index in [1.807, 2.05) is 39.8 Å². The molecule has 1 aromatic rings. The third-order valence-corrected chi connectivity index (χ3v) is 3.05. The second kappa shape index (κ2) is 6.19. The standard InChI is InChI=1S/C14H26N4O/c1-11(9-15-5)10-17(6)12-13(19)18(8-7-16-12)14(2,3)4/h7-8,11,15H,9-10H2,1-6H3. The Labute approximate surface area is 115 Å². The summed E-state index contributed by atoms with van der Waals surface area (Å²) in [7, 11) is 3.85. The highest BCUT2D eigenvalue weighted by atomic mass is 16.1. The van der Waals surface area contributed by atoms with E-state index in [0.29, 0.717) is 11.7 Å². The summed E-state index contributed by atoms with van der Waals surface area (Å²) in [5, 5.41) is 3.14. The highest BCUT2D eigenvalue weighted by Crippen LogP contribution is 2.12. The van der Waals surface area contributed by atoms with Crippen LogP contribution in [0.25, 0.3) is 0 Å². The van der Waals surface area contributed by atoms with Crippen LogP contribution in [0.4, 0.5) is 5.82 Å². The summed E-state index contributed by atoms with van der Waals surface area (Å²) in [6.07, 6.45) is 3.44. The average molecular weight is 266 g/mol. The monoisotopic (exact) mass is 266 g/mol. The van der Waals surface area contributed by atoms with Crippen molar-refractivity contribution in [1.29, 1.82) is 0 Å². The van der Waals surface area contributed by atoms with Crippen molar-refractivity contribution in [3.63, 3.8) is 0 Å². The predicted octanol–water partition coefficient (Wildman–Crippen LogP) is 1.29. The molecule has 0 spiro atoms. The molecule has 0 aliphatic heterocycles. The van der Waals surface area contributed by atoms with Gasteiger partial charge in [-0.3, -0.25) is 4.79 Å². The molecule has 1 N–H and O–H groups in total. The molecule has 0 aliphatic carbocycles. The molecule has 0 aliphatic rings. The molecule has 5 nitrogen and oxygen atoms in total. The lowest BCUT2D eigenvalue weighted by Crippen LogP contribution is -2.39. The van der Waals surface area contributed by atoms with Gasteiger partial charge in [0.1, 0.15) is 0 Å². The van der Waals surface area contributed by atoms with Crippen molar-refractivity contribution in [2.24, 2.45) is 5.92 Å². The van der Waals surface area contributed by atoms with E-state index in [4.69, 9.17) is 0 Å². The molecule has 0 saturated heterocycles. The Morgan fingerprint density at radius 3 is 2.63 bits per heavy atom. The van der Waals surface area contributed by atoms with E-state index in [9.17, 15) is 4.79 Å². The summed E-state index contributed by atoms with van der Waals surface area (Å²) < 4.78 is 1.73. The highest BCUT2D eigenvalue weighted by molar-refractivity contribution is 5.34. The normalized spacial score (nSPS) is 13.4. The third kappa shape index (κ3) is 4.06. The minimum atomic E-state index is -0.230. The largest absolute Gasteiger partial charge is 0.355 e. The van der Waals surface area contributed by atoms with Crippen LogP contribution in [0.1, 0.15) is 27.7 Å². The average Bonchev–Trinajstić information content (AvgIpc) is 2.27. The van der Waals surface area contributed by atoms with Gasteiger partial charge in [-0.05, 0) is 40.3 Å². The van der Waals surface area contributed by atoms with Crippen LogP contribution in [-0.2, 0) is 5.54 Å². The first kappa shape index (κ1) is 15.7. The molecule has 0 bridgehead atoms. The predicted molar refractivity (Wildman–Crippen MR) is 79.9 cm³/mol. The smallest absolute Gasteiger partial charge is 0.293 e. The van der Waals surface area contributed by atoms with Gasteiger partial charge < -0.3 is 14.8 Å². The van der Waals surface area contributed by atoms with E-state index >= 15 is 0 Å². The molecule has 19 heavy (non-hydrogen) atoms. The Bertz CT molecular complexity index is 461. The number of hydrogen-bond acceptors (Lipinski definition) is 4. The molecular formula is C14H26N4O. The van der Waals surface area contributed by atoms with Crippen LogP contribution >= 0.6 is 0 Å². The number of nitrogens with zero attached hydrogens (tertiary/aromatic N) is 3. The van der Waals surface area contributed by atoms with Crippen LogP contribution in [0.2, 0.25) is 0 Å². The second-order valence-corrected chi connectivity index (χ2v) is 6.14. The van der Waals surface area contributed by atoms with Gasteiger partial charge in [-0.1, -0.05) is 6.92 Å². The number of anilines is 1. The van der Waals surface area contributed by atoms with Gasteiger partial charge in [-0.2, -0.15) is 0 Å². The first-order chi connectivity index (χ1) is 8.77. The Morgan fingerprint density at radius 2 is 2.11 bits per heavy atom. The van der Waals surface area contributed by atoms with E-state index in [2.05, 4.69) is 17.2 Å². The summed E-state index contributed by atoms with van der Waals surface area (Å²) in [6, 6.07) is 0. The van der Waals surface area contributed by atoms with Crippen molar-refractivity contribution >= 4 is 5.82 Å². The third-order valence-electron chi connectivity index (χ3n) is 3.05. The molecule has 1 rings (SSSR count). The maximum atomic E-state index is 12.4. The van der Waals surface area contributed by atoms with Crippen molar-refractivity contribution < 1.29 is 0 Å². The summed E-state index contributed by atoms with van der Waals surface area (Å²) in [6.45, 7) is 9.92. The lowest BCUT2D eigenvalue weighted by Gasteiger charge is -2.26. The number of hydrogen-bond donors (Lipinski definition) is 1. The number of aromatic nitrogens is 2. The van der Waals surface area contributed by atoms with Crippen molar-refractivity contribution in [1.82, 2.24) is 14.9 Å². The van der Waals surface area contributed by atoms with Gasteiger partial charge in [0.2, 0.25) is 0 Å². The van der Waals surface area contributed by atoms with Crippen molar-refractivity contribution in [3.05, 3.63) is 22.7 Å². The molecule has 0 radical (unpaired) electrons. The molecule has 0 aromatic carbocycles. The van der Waals surface area contributed by atoms with Crippen LogP contribution in [-0.4, -0.2) is 36.7 Å². The first-order valence-electron chi connectivity index (χ1n) is 6.71. The fraction of sp³-hybridized carbons (Fsp3) is 0.714. The molecule has 0 fully saturated rings. The lowest BCUT2D eigenvalue weighted by atomic mass is 10.1. The van der Waals surface area contributed by atoms with Gasteiger partial charge in [-0.15, -0.1) is 0 Å². The van der Waals surface area contributed by atoms with E-state index in [1.54, 1.807) is 17.0 Å². The Hall–Kier alpha value is -1.36. The summed E-state index contributed by atoms with van der Waals surface area (Å²) in [5.41, 5.74) is -0.263. The molecule has 108 valence electrons. The minimum Gasteiger partial charge on any atom is -0.355 e. The van der Waals surface area contributed by atoms with Gasteiger partial charge in [-0.25, -0.2) is 4.98 Å². The second-order valence-electron chi connectivity index (χ2n) is 6.14. The molecule has 1 unspecified atom stereocenters. The molecule has 1 aromatic heterocycles. The maximum absolute atomic E-state index is 12.4. The maximum Gasteiger partial charge on any atom is 0.293 e. The van der Waals surface area contributed by atoms with Crippen LogP contribution < -0.4 is 15.8 Å². The lowest BCUT2D eigenvalue weighted by molar-refractivity contribution is 0.382. The number of rotatable bonds is 5. The Morgan fingerprint density at radius 1 is 1.47 bits per heavy atom. The van der Waals surface area contributed by atoms with Crippen LogP contribution in [0.5, 0.6) is 0 Å². The zero-order chi connectivity index (χ0) is 14.6. The van der Waals surface area contributed by atoms with E-state index in [-0.39, 0.29) is 11.1 Å². The van der Waals surface area contributed by atoms with Gasteiger partial charge in [0.15, 0.2) is 5.82 Å². The fourth-order valence-corrected chi connectivity index (χ4v) is 2.16. The van der Waals surface area contributed by atoms with Crippen molar-refractivity contribution in [2.45, 2.75) is 33.2 Å². The van der Waals surface area contributed by atoms with E-state index < -0.39 is 0 Å². The molecular weight excluding hydrogens is 240 g/mol.